The number of hydrogen-bond acceptors (Lipinski definition) is 2. The van der Waals surface area contributed by atoms with Crippen molar-refractivity contribution in [3.63, 3.8) is 0 Å². The lowest BCUT2D eigenvalue weighted by Crippen LogP contribution is -2.05. The minimum atomic E-state index is -0.825. The van der Waals surface area contributed by atoms with E-state index < -0.39 is 5.97 Å². The van der Waals surface area contributed by atoms with Crippen LogP contribution in [0, 0.1) is 6.92 Å². The molecule has 1 atom stereocenters. The number of rotatable bonds is 2. The Hall–Kier alpha value is -2.29. The number of aliphatic carboxylic acids is 1. The number of carboxylic acid groups (broad SMARTS) is 1. The Morgan fingerprint density at radius 2 is 2.00 bits per heavy atom. The summed E-state index contributed by atoms with van der Waals surface area (Å²) in [7, 11) is 0. The van der Waals surface area contributed by atoms with Crippen LogP contribution in [0.1, 0.15) is 29.0 Å². The number of carbonyl (C=O) groups is 1. The lowest BCUT2D eigenvalue weighted by atomic mass is 9.93. The van der Waals surface area contributed by atoms with Crippen molar-refractivity contribution >= 4 is 5.97 Å². The van der Waals surface area contributed by atoms with E-state index in [-0.39, 0.29) is 18.1 Å². The van der Waals surface area contributed by atoms with Crippen LogP contribution in [-0.2, 0) is 4.79 Å². The average Bonchev–Trinajstić information content (AvgIpc) is 2.64. The van der Waals surface area contributed by atoms with Gasteiger partial charge in [-0.25, -0.2) is 0 Å². The van der Waals surface area contributed by atoms with E-state index in [2.05, 4.69) is 0 Å². The van der Waals surface area contributed by atoms with Crippen LogP contribution in [0.5, 0.6) is 5.75 Å². The van der Waals surface area contributed by atoms with Crippen molar-refractivity contribution in [1.82, 2.24) is 0 Å². The van der Waals surface area contributed by atoms with Gasteiger partial charge in [0.05, 0.1) is 6.42 Å². The number of phenolic OH excluding ortho intramolecular Hbond substituents is 1. The van der Waals surface area contributed by atoms with Gasteiger partial charge in [0, 0.05) is 11.5 Å². The number of aromatic hydroxyl groups is 1. The standard InChI is InChI=1S/C16H14O3/c1-9-5-6-11-12(7-9)13(8-15(18)19)10-3-2-4-14(17)16(10)11/h2-7,13,17H,8H2,1H3,(H,18,19). The fourth-order valence-electron chi connectivity index (χ4n) is 2.90. The summed E-state index contributed by atoms with van der Waals surface area (Å²) in [5, 5.41) is 19.2. The second-order valence-corrected chi connectivity index (χ2v) is 4.98. The third kappa shape index (κ3) is 1.78. The molecule has 2 aromatic carbocycles. The predicted molar refractivity (Wildman–Crippen MR) is 72.4 cm³/mol. The molecule has 3 heteroatoms. The van der Waals surface area contributed by atoms with Crippen molar-refractivity contribution < 1.29 is 15.0 Å². The van der Waals surface area contributed by atoms with Gasteiger partial charge in [-0.3, -0.25) is 4.79 Å². The Bertz CT molecular complexity index is 674. The number of benzene rings is 2. The summed E-state index contributed by atoms with van der Waals surface area (Å²) in [5.74, 6) is -0.779. The zero-order valence-corrected chi connectivity index (χ0v) is 10.6. The van der Waals surface area contributed by atoms with E-state index in [1.54, 1.807) is 12.1 Å². The lowest BCUT2D eigenvalue weighted by Gasteiger charge is -2.11. The first-order valence-electron chi connectivity index (χ1n) is 6.22. The van der Waals surface area contributed by atoms with Crippen LogP contribution in [0.25, 0.3) is 11.1 Å². The molecule has 1 aliphatic carbocycles. The molecule has 0 radical (unpaired) electrons. The zero-order chi connectivity index (χ0) is 13.6. The SMILES string of the molecule is Cc1ccc2c(c1)C(CC(=O)O)c1cccc(O)c1-2. The highest BCUT2D eigenvalue weighted by Crippen LogP contribution is 2.50. The van der Waals surface area contributed by atoms with Crippen molar-refractivity contribution in [3.05, 3.63) is 53.1 Å². The Morgan fingerprint density at radius 1 is 1.21 bits per heavy atom. The van der Waals surface area contributed by atoms with Gasteiger partial charge in [0.25, 0.3) is 0 Å². The summed E-state index contributed by atoms with van der Waals surface area (Å²) >= 11 is 0. The molecule has 1 aliphatic rings. The fourth-order valence-corrected chi connectivity index (χ4v) is 2.90. The van der Waals surface area contributed by atoms with Crippen molar-refractivity contribution in [2.75, 3.05) is 0 Å². The van der Waals surface area contributed by atoms with Gasteiger partial charge in [-0.05, 0) is 29.7 Å². The molecule has 0 heterocycles. The Kier molecular flexibility index (Phi) is 2.56. The van der Waals surface area contributed by atoms with Gasteiger partial charge in [0.1, 0.15) is 5.75 Å². The zero-order valence-electron chi connectivity index (χ0n) is 10.6. The third-order valence-electron chi connectivity index (χ3n) is 3.68. The van der Waals surface area contributed by atoms with Crippen LogP contribution in [0.3, 0.4) is 0 Å². The highest BCUT2D eigenvalue weighted by atomic mass is 16.4. The molecule has 0 spiro atoms. The smallest absolute Gasteiger partial charge is 0.304 e. The van der Waals surface area contributed by atoms with Gasteiger partial charge in [-0.15, -0.1) is 0 Å². The normalized spacial score (nSPS) is 15.9. The monoisotopic (exact) mass is 254 g/mol. The number of phenols is 1. The molecule has 1 unspecified atom stereocenters. The van der Waals surface area contributed by atoms with E-state index in [1.165, 1.54) is 0 Å². The number of carboxylic acids is 1. The molecule has 0 aromatic heterocycles. The van der Waals surface area contributed by atoms with Crippen LogP contribution < -0.4 is 0 Å². The molecule has 0 bridgehead atoms. The van der Waals surface area contributed by atoms with Gasteiger partial charge < -0.3 is 10.2 Å². The van der Waals surface area contributed by atoms with E-state index in [4.69, 9.17) is 5.11 Å². The minimum Gasteiger partial charge on any atom is -0.507 e. The quantitative estimate of drug-likeness (QED) is 0.864. The largest absolute Gasteiger partial charge is 0.507 e. The summed E-state index contributed by atoms with van der Waals surface area (Å²) < 4.78 is 0. The van der Waals surface area contributed by atoms with Gasteiger partial charge in [-0.2, -0.15) is 0 Å². The molecule has 0 fully saturated rings. The topological polar surface area (TPSA) is 57.5 Å². The molecule has 0 saturated carbocycles. The van der Waals surface area contributed by atoms with Gasteiger partial charge in [-0.1, -0.05) is 35.9 Å². The van der Waals surface area contributed by atoms with E-state index in [9.17, 15) is 9.90 Å². The van der Waals surface area contributed by atoms with Crippen molar-refractivity contribution in [3.8, 4) is 16.9 Å². The molecular weight excluding hydrogens is 240 g/mol. The maximum absolute atomic E-state index is 11.1. The lowest BCUT2D eigenvalue weighted by molar-refractivity contribution is -0.137. The maximum atomic E-state index is 11.1. The van der Waals surface area contributed by atoms with Crippen molar-refractivity contribution in [2.45, 2.75) is 19.3 Å². The minimum absolute atomic E-state index is 0.0485. The molecule has 3 rings (SSSR count). The summed E-state index contributed by atoms with van der Waals surface area (Å²) in [6.45, 7) is 1.99. The first-order chi connectivity index (χ1) is 9.08. The van der Waals surface area contributed by atoms with Crippen LogP contribution in [0.15, 0.2) is 36.4 Å². The summed E-state index contributed by atoms with van der Waals surface area (Å²) in [4.78, 5) is 11.1. The van der Waals surface area contributed by atoms with Crippen molar-refractivity contribution in [2.24, 2.45) is 0 Å². The molecule has 0 amide bonds. The van der Waals surface area contributed by atoms with E-state index in [0.717, 1.165) is 27.8 Å². The molecule has 0 saturated heterocycles. The summed E-state index contributed by atoms with van der Waals surface area (Å²) in [6.07, 6.45) is 0.0485. The number of aryl methyl sites for hydroxylation is 1. The highest BCUT2D eigenvalue weighted by Gasteiger charge is 2.31. The van der Waals surface area contributed by atoms with Crippen LogP contribution >= 0.6 is 0 Å². The highest BCUT2D eigenvalue weighted by molar-refractivity contribution is 5.85. The average molecular weight is 254 g/mol. The first kappa shape index (κ1) is 11.8. The molecule has 0 aliphatic heterocycles. The maximum Gasteiger partial charge on any atom is 0.304 e. The van der Waals surface area contributed by atoms with Crippen LogP contribution in [0.2, 0.25) is 0 Å². The molecule has 96 valence electrons. The van der Waals surface area contributed by atoms with Gasteiger partial charge in [0.2, 0.25) is 0 Å². The third-order valence-corrected chi connectivity index (χ3v) is 3.68. The van der Waals surface area contributed by atoms with Crippen molar-refractivity contribution in [1.29, 1.82) is 0 Å². The second kappa shape index (κ2) is 4.12. The van der Waals surface area contributed by atoms with Crippen LogP contribution in [0.4, 0.5) is 0 Å². The Balaban J connectivity index is 2.26. The molecule has 19 heavy (non-hydrogen) atoms. The van der Waals surface area contributed by atoms with Gasteiger partial charge in [0.15, 0.2) is 0 Å². The predicted octanol–water partition coefficient (Wildman–Crippen LogP) is 3.29. The Morgan fingerprint density at radius 3 is 2.74 bits per heavy atom. The summed E-state index contributed by atoms with van der Waals surface area (Å²) in [5.41, 5.74) is 4.73. The molecule has 2 N–H and O–H groups in total. The number of fused-ring (bicyclic) bond motifs is 3. The number of hydrogen-bond donors (Lipinski definition) is 2. The van der Waals surface area contributed by atoms with E-state index >= 15 is 0 Å². The van der Waals surface area contributed by atoms with E-state index in [0.29, 0.717) is 0 Å². The first-order valence-corrected chi connectivity index (χ1v) is 6.22. The molecule has 2 aromatic rings. The van der Waals surface area contributed by atoms with E-state index in [1.807, 2.05) is 31.2 Å². The second-order valence-electron chi connectivity index (χ2n) is 4.98. The van der Waals surface area contributed by atoms with Gasteiger partial charge >= 0.3 is 5.97 Å². The fraction of sp³-hybridized carbons (Fsp3) is 0.188. The molecular formula is C16H14O3. The Labute approximate surface area is 111 Å². The van der Waals surface area contributed by atoms with Crippen LogP contribution in [-0.4, -0.2) is 16.2 Å². The summed E-state index contributed by atoms with van der Waals surface area (Å²) in [6, 6.07) is 11.3. The molecule has 3 nitrogen and oxygen atoms in total.